The maximum atomic E-state index is 12.5. The molecule has 1 saturated carbocycles. The van der Waals surface area contributed by atoms with Crippen LogP contribution >= 0.6 is 0 Å². The van der Waals surface area contributed by atoms with Crippen LogP contribution in [0.4, 0.5) is 19.0 Å². The lowest BCUT2D eigenvalue weighted by Crippen LogP contribution is -2.48. The zero-order valence-electron chi connectivity index (χ0n) is 17.9. The van der Waals surface area contributed by atoms with Gasteiger partial charge in [-0.05, 0) is 30.5 Å². The molecule has 0 unspecified atom stereocenters. The number of carbonyl (C=O) groups is 1. The number of nitrogens with one attached hydrogen (secondary N) is 1. The van der Waals surface area contributed by atoms with Gasteiger partial charge < -0.3 is 10.1 Å². The van der Waals surface area contributed by atoms with Gasteiger partial charge in [-0.25, -0.2) is 4.68 Å². The molecule has 0 bridgehead atoms. The standard InChI is InChI=1S/C22H28F3N5O2/c23-22(24,25)32-19-7-5-17(6-8-19)15-28-11-13-29(14-12-28)16-21(31)27-20-9-10-26-30(20)18-3-1-2-4-18/h5-10,18H,1-4,11-16H2,(H,27,31). The first-order valence-corrected chi connectivity index (χ1v) is 11.0. The molecule has 4 rings (SSSR count). The number of benzene rings is 1. The van der Waals surface area contributed by atoms with E-state index in [1.807, 2.05) is 10.7 Å². The maximum absolute atomic E-state index is 12.5. The lowest BCUT2D eigenvalue weighted by molar-refractivity contribution is -0.274. The van der Waals surface area contributed by atoms with Crippen molar-refractivity contribution in [2.24, 2.45) is 0 Å². The van der Waals surface area contributed by atoms with Crippen LogP contribution in [0.15, 0.2) is 36.5 Å². The molecule has 174 valence electrons. The van der Waals surface area contributed by atoms with Crippen LogP contribution in [0.5, 0.6) is 5.75 Å². The number of carbonyl (C=O) groups excluding carboxylic acids is 1. The molecule has 1 saturated heterocycles. The van der Waals surface area contributed by atoms with Crippen molar-refractivity contribution in [3.63, 3.8) is 0 Å². The second-order valence-electron chi connectivity index (χ2n) is 8.39. The first-order chi connectivity index (χ1) is 15.4. The summed E-state index contributed by atoms with van der Waals surface area (Å²) < 4.78 is 42.7. The van der Waals surface area contributed by atoms with Gasteiger partial charge in [0.05, 0.1) is 18.8 Å². The molecule has 0 atom stereocenters. The lowest BCUT2D eigenvalue weighted by Gasteiger charge is -2.34. The molecule has 2 aliphatic rings. The molecule has 10 heteroatoms. The van der Waals surface area contributed by atoms with Gasteiger partial charge in [-0.15, -0.1) is 13.2 Å². The summed E-state index contributed by atoms with van der Waals surface area (Å²) in [5, 5.41) is 7.39. The van der Waals surface area contributed by atoms with Crippen LogP contribution in [0.3, 0.4) is 0 Å². The lowest BCUT2D eigenvalue weighted by atomic mass is 10.2. The molecule has 2 heterocycles. The topological polar surface area (TPSA) is 62.6 Å². The van der Waals surface area contributed by atoms with Crippen molar-refractivity contribution in [2.45, 2.75) is 44.6 Å². The van der Waals surface area contributed by atoms with E-state index in [9.17, 15) is 18.0 Å². The fourth-order valence-electron chi connectivity index (χ4n) is 4.40. The van der Waals surface area contributed by atoms with Gasteiger partial charge in [-0.3, -0.25) is 14.6 Å². The van der Waals surface area contributed by atoms with E-state index in [2.05, 4.69) is 25.0 Å². The van der Waals surface area contributed by atoms with E-state index < -0.39 is 6.36 Å². The summed E-state index contributed by atoms with van der Waals surface area (Å²) in [6.45, 7) is 4.05. The highest BCUT2D eigenvalue weighted by atomic mass is 19.4. The van der Waals surface area contributed by atoms with Gasteiger partial charge >= 0.3 is 6.36 Å². The predicted octanol–water partition coefficient (Wildman–Crippen LogP) is 3.65. The van der Waals surface area contributed by atoms with E-state index >= 15 is 0 Å². The summed E-state index contributed by atoms with van der Waals surface area (Å²) in [7, 11) is 0. The molecule has 2 fully saturated rings. The van der Waals surface area contributed by atoms with E-state index in [4.69, 9.17) is 0 Å². The van der Waals surface area contributed by atoms with Gasteiger partial charge in [0.15, 0.2) is 0 Å². The third kappa shape index (κ3) is 6.23. The number of ether oxygens (including phenoxy) is 1. The number of anilines is 1. The summed E-state index contributed by atoms with van der Waals surface area (Å²) in [5.74, 6) is 0.503. The predicted molar refractivity (Wildman–Crippen MR) is 113 cm³/mol. The fraction of sp³-hybridized carbons (Fsp3) is 0.545. The Labute approximate surface area is 185 Å². The Bertz CT molecular complexity index is 886. The van der Waals surface area contributed by atoms with Crippen LogP contribution in [0.1, 0.15) is 37.3 Å². The first-order valence-electron chi connectivity index (χ1n) is 11.0. The Morgan fingerprint density at radius 2 is 1.69 bits per heavy atom. The minimum atomic E-state index is -4.68. The Morgan fingerprint density at radius 3 is 2.34 bits per heavy atom. The first kappa shape index (κ1) is 22.6. The van der Waals surface area contributed by atoms with Crippen molar-refractivity contribution in [2.75, 3.05) is 38.0 Å². The van der Waals surface area contributed by atoms with E-state index in [-0.39, 0.29) is 11.7 Å². The van der Waals surface area contributed by atoms with Crippen molar-refractivity contribution in [3.8, 4) is 5.75 Å². The average Bonchev–Trinajstić information content (AvgIpc) is 3.41. The summed E-state index contributed by atoms with van der Waals surface area (Å²) in [5.41, 5.74) is 0.922. The molecule has 0 spiro atoms. The Balaban J connectivity index is 1.20. The number of alkyl halides is 3. The van der Waals surface area contributed by atoms with Crippen LogP contribution < -0.4 is 10.1 Å². The molecular weight excluding hydrogens is 423 g/mol. The number of hydrogen-bond donors (Lipinski definition) is 1. The number of rotatable bonds is 7. The SMILES string of the molecule is O=C(CN1CCN(Cc2ccc(OC(F)(F)F)cc2)CC1)Nc1ccnn1C1CCCC1. The molecule has 1 aromatic carbocycles. The molecule has 7 nitrogen and oxygen atoms in total. The van der Waals surface area contributed by atoms with Crippen LogP contribution in [-0.4, -0.2) is 64.6 Å². The molecule has 1 aromatic heterocycles. The van der Waals surface area contributed by atoms with E-state index in [0.717, 1.165) is 50.4 Å². The minimum Gasteiger partial charge on any atom is -0.406 e. The number of aromatic nitrogens is 2. The van der Waals surface area contributed by atoms with Gasteiger partial charge in [-0.1, -0.05) is 25.0 Å². The van der Waals surface area contributed by atoms with Crippen molar-refractivity contribution >= 4 is 11.7 Å². The highest BCUT2D eigenvalue weighted by molar-refractivity contribution is 5.91. The van der Waals surface area contributed by atoms with Crippen molar-refractivity contribution in [1.29, 1.82) is 0 Å². The number of hydrogen-bond acceptors (Lipinski definition) is 5. The molecule has 1 amide bonds. The van der Waals surface area contributed by atoms with Gasteiger partial charge in [0, 0.05) is 38.8 Å². The molecule has 1 N–H and O–H groups in total. The normalized spacial score (nSPS) is 18.7. The van der Waals surface area contributed by atoms with Gasteiger partial charge in [0.1, 0.15) is 11.6 Å². The average molecular weight is 451 g/mol. The summed E-state index contributed by atoms with van der Waals surface area (Å²) >= 11 is 0. The summed E-state index contributed by atoms with van der Waals surface area (Å²) in [6, 6.07) is 8.18. The van der Waals surface area contributed by atoms with E-state index in [1.54, 1.807) is 18.3 Å². The summed E-state index contributed by atoms with van der Waals surface area (Å²) in [6.07, 6.45) is 1.66. The Hall–Kier alpha value is -2.59. The zero-order valence-corrected chi connectivity index (χ0v) is 17.9. The molecule has 1 aliphatic heterocycles. The van der Waals surface area contributed by atoms with Crippen molar-refractivity contribution in [3.05, 3.63) is 42.1 Å². The van der Waals surface area contributed by atoms with Crippen LogP contribution in [-0.2, 0) is 11.3 Å². The van der Waals surface area contributed by atoms with Gasteiger partial charge in [0.25, 0.3) is 0 Å². The molecule has 0 radical (unpaired) electrons. The van der Waals surface area contributed by atoms with Gasteiger partial charge in [0.2, 0.25) is 5.91 Å². The summed E-state index contributed by atoms with van der Waals surface area (Å²) in [4.78, 5) is 16.9. The smallest absolute Gasteiger partial charge is 0.406 e. The highest BCUT2D eigenvalue weighted by Gasteiger charge is 2.31. The van der Waals surface area contributed by atoms with Gasteiger partial charge in [-0.2, -0.15) is 5.10 Å². The maximum Gasteiger partial charge on any atom is 0.573 e. The third-order valence-electron chi connectivity index (χ3n) is 6.00. The van der Waals surface area contributed by atoms with Crippen LogP contribution in [0.25, 0.3) is 0 Å². The largest absolute Gasteiger partial charge is 0.573 e. The Morgan fingerprint density at radius 1 is 1.03 bits per heavy atom. The van der Waals surface area contributed by atoms with E-state index in [1.165, 1.54) is 25.0 Å². The van der Waals surface area contributed by atoms with Crippen LogP contribution in [0.2, 0.25) is 0 Å². The van der Waals surface area contributed by atoms with Crippen LogP contribution in [0, 0.1) is 0 Å². The van der Waals surface area contributed by atoms with E-state index in [0.29, 0.717) is 19.1 Å². The second kappa shape index (κ2) is 9.91. The third-order valence-corrected chi connectivity index (χ3v) is 6.00. The quantitative estimate of drug-likeness (QED) is 0.696. The molecule has 2 aromatic rings. The highest BCUT2D eigenvalue weighted by Crippen LogP contribution is 2.31. The molecule has 1 aliphatic carbocycles. The number of halogens is 3. The monoisotopic (exact) mass is 451 g/mol. The van der Waals surface area contributed by atoms with Crippen molar-refractivity contribution in [1.82, 2.24) is 19.6 Å². The van der Waals surface area contributed by atoms with Crippen molar-refractivity contribution < 1.29 is 22.7 Å². The number of nitrogens with zero attached hydrogens (tertiary/aromatic N) is 4. The minimum absolute atomic E-state index is 0.0431. The Kier molecular flexibility index (Phi) is 7.00. The molecule has 32 heavy (non-hydrogen) atoms. The second-order valence-corrected chi connectivity index (χ2v) is 8.39. The number of amides is 1. The number of piperazine rings is 1. The molecular formula is C22H28F3N5O2. The zero-order chi connectivity index (χ0) is 22.6. The fourth-order valence-corrected chi connectivity index (χ4v) is 4.40.